The van der Waals surface area contributed by atoms with Crippen LogP contribution in [0.25, 0.3) is 0 Å². The van der Waals surface area contributed by atoms with Gasteiger partial charge in [0.15, 0.2) is 0 Å². The molecule has 22 heavy (non-hydrogen) atoms. The highest BCUT2D eigenvalue weighted by atomic mass is 32.2. The van der Waals surface area contributed by atoms with E-state index in [4.69, 9.17) is 4.18 Å². The summed E-state index contributed by atoms with van der Waals surface area (Å²) in [4.78, 5) is 0.308. The van der Waals surface area contributed by atoms with Crippen molar-refractivity contribution in [2.45, 2.75) is 30.8 Å². The van der Waals surface area contributed by atoms with Crippen LogP contribution in [-0.4, -0.2) is 14.5 Å². The van der Waals surface area contributed by atoms with Gasteiger partial charge in [-0.25, -0.2) is 0 Å². The van der Waals surface area contributed by atoms with Crippen LogP contribution in [0, 0.1) is 54.3 Å². The predicted octanol–water partition coefficient (Wildman–Crippen LogP) is 2.85. The molecule has 0 saturated heterocycles. The molecular weight excluding hydrogens is 296 g/mol. The largest absolute Gasteiger partial charge is 0.297 e. The zero-order valence-electron chi connectivity index (χ0n) is 12.6. The maximum atomic E-state index is 12.6. The summed E-state index contributed by atoms with van der Waals surface area (Å²) in [5.41, 5.74) is 1.07. The SMILES string of the molecule is Cc1ccc(S(=O)(=O)OC2CC3C4C5CC5C5C2C3C45)cc1. The molecule has 0 aliphatic heterocycles. The van der Waals surface area contributed by atoms with E-state index < -0.39 is 10.1 Å². The fraction of sp³-hybridized carbons (Fsp3) is 0.667. The number of aryl methyl sites for hydroxylation is 1. The molecule has 5 aliphatic rings. The molecule has 0 bridgehead atoms. The van der Waals surface area contributed by atoms with E-state index >= 15 is 0 Å². The second-order valence-electron chi connectivity index (χ2n) is 8.25. The third kappa shape index (κ3) is 1.28. The van der Waals surface area contributed by atoms with E-state index in [9.17, 15) is 8.42 Å². The summed E-state index contributed by atoms with van der Waals surface area (Å²) >= 11 is 0. The molecule has 0 amide bonds. The van der Waals surface area contributed by atoms with Crippen molar-refractivity contribution in [3.63, 3.8) is 0 Å². The molecule has 5 saturated carbocycles. The minimum absolute atomic E-state index is 0.0471. The normalized spacial score (nSPS) is 52.5. The Labute approximate surface area is 131 Å². The number of benzene rings is 1. The monoisotopic (exact) mass is 316 g/mol. The molecule has 0 N–H and O–H groups in total. The van der Waals surface area contributed by atoms with Crippen LogP contribution in [0.15, 0.2) is 29.2 Å². The number of hydrogen-bond acceptors (Lipinski definition) is 3. The van der Waals surface area contributed by atoms with Gasteiger partial charge in [-0.2, -0.15) is 8.42 Å². The van der Waals surface area contributed by atoms with Gasteiger partial charge in [0.05, 0.1) is 11.0 Å². The van der Waals surface area contributed by atoms with Crippen LogP contribution < -0.4 is 0 Å². The first kappa shape index (κ1) is 12.5. The van der Waals surface area contributed by atoms with Crippen molar-refractivity contribution >= 4 is 10.1 Å². The Kier molecular flexibility index (Phi) is 2.06. The minimum Gasteiger partial charge on any atom is -0.263 e. The van der Waals surface area contributed by atoms with Gasteiger partial charge in [0.2, 0.25) is 0 Å². The Morgan fingerprint density at radius 3 is 2.32 bits per heavy atom. The van der Waals surface area contributed by atoms with E-state index in [-0.39, 0.29) is 6.10 Å². The van der Waals surface area contributed by atoms with Crippen LogP contribution in [0.3, 0.4) is 0 Å². The lowest BCUT2D eigenvalue weighted by Gasteiger charge is -2.61. The molecule has 0 heterocycles. The maximum absolute atomic E-state index is 12.6. The topological polar surface area (TPSA) is 43.4 Å². The lowest BCUT2D eigenvalue weighted by Crippen LogP contribution is -2.59. The molecule has 116 valence electrons. The third-order valence-electron chi connectivity index (χ3n) is 7.58. The highest BCUT2D eigenvalue weighted by Crippen LogP contribution is 2.85. The second-order valence-corrected chi connectivity index (χ2v) is 9.82. The highest BCUT2D eigenvalue weighted by molar-refractivity contribution is 7.86. The summed E-state index contributed by atoms with van der Waals surface area (Å²) in [6, 6.07) is 7.01. The van der Waals surface area contributed by atoms with E-state index in [0.29, 0.717) is 10.8 Å². The summed E-state index contributed by atoms with van der Waals surface area (Å²) in [6.45, 7) is 1.96. The standard InChI is InChI=1S/C18H20O3S/c1-8-2-4-9(5-3-8)22(19,20)21-13-7-12-14-10-6-11(10)15-17(13)16(12)18(14)15/h2-5,10-18H,6-7H2,1H3. The van der Waals surface area contributed by atoms with E-state index in [2.05, 4.69) is 0 Å². The molecule has 1 aromatic carbocycles. The Hall–Kier alpha value is -0.870. The van der Waals surface area contributed by atoms with E-state index in [1.54, 1.807) is 12.1 Å². The smallest absolute Gasteiger partial charge is 0.263 e. The molecular formula is C18H20O3S. The minimum atomic E-state index is -3.61. The first-order valence-corrected chi connectivity index (χ1v) is 9.97. The van der Waals surface area contributed by atoms with Crippen LogP contribution in [0.1, 0.15) is 18.4 Å². The van der Waals surface area contributed by atoms with Gasteiger partial charge >= 0.3 is 0 Å². The van der Waals surface area contributed by atoms with Crippen molar-refractivity contribution in [2.75, 3.05) is 0 Å². The maximum Gasteiger partial charge on any atom is 0.297 e. The lowest BCUT2D eigenvalue weighted by molar-refractivity contribution is -0.157. The first-order chi connectivity index (χ1) is 10.6. The van der Waals surface area contributed by atoms with Crippen LogP contribution in [0.5, 0.6) is 0 Å². The number of fused-ring (bicyclic) bond motifs is 5. The molecule has 1 aromatic rings. The van der Waals surface area contributed by atoms with Gasteiger partial charge in [-0.1, -0.05) is 17.7 Å². The molecule has 5 fully saturated rings. The van der Waals surface area contributed by atoms with Gasteiger partial charge in [0, 0.05) is 0 Å². The third-order valence-corrected chi connectivity index (χ3v) is 8.93. The second kappa shape index (κ2) is 3.62. The Bertz CT molecular complexity index is 768. The van der Waals surface area contributed by atoms with E-state index in [0.717, 1.165) is 53.4 Å². The quantitative estimate of drug-likeness (QED) is 0.805. The van der Waals surface area contributed by atoms with Gasteiger partial charge in [-0.05, 0) is 79.2 Å². The summed E-state index contributed by atoms with van der Waals surface area (Å²) in [7, 11) is -3.61. The van der Waals surface area contributed by atoms with Crippen LogP contribution >= 0.6 is 0 Å². The Morgan fingerprint density at radius 1 is 0.864 bits per heavy atom. The average Bonchev–Trinajstić information content (AvgIpc) is 3.12. The average molecular weight is 316 g/mol. The summed E-state index contributed by atoms with van der Waals surface area (Å²) in [5, 5.41) is 0. The zero-order chi connectivity index (χ0) is 14.8. The van der Waals surface area contributed by atoms with Crippen molar-refractivity contribution in [1.82, 2.24) is 0 Å². The fourth-order valence-electron chi connectivity index (χ4n) is 6.92. The lowest BCUT2D eigenvalue weighted by atomic mass is 9.43. The fourth-order valence-corrected chi connectivity index (χ4v) is 8.03. The van der Waals surface area contributed by atoms with E-state index in [1.165, 1.54) is 6.42 Å². The summed E-state index contributed by atoms with van der Waals surface area (Å²) in [5.74, 6) is 6.76. The molecule has 6 rings (SSSR count). The van der Waals surface area contributed by atoms with Gasteiger partial charge in [-0.15, -0.1) is 0 Å². The van der Waals surface area contributed by atoms with Gasteiger partial charge in [-0.3, -0.25) is 4.18 Å². The molecule has 4 heteroatoms. The Morgan fingerprint density at radius 2 is 1.55 bits per heavy atom. The summed E-state index contributed by atoms with van der Waals surface area (Å²) in [6.07, 6.45) is 2.36. The molecule has 5 aliphatic carbocycles. The summed E-state index contributed by atoms with van der Waals surface area (Å²) < 4.78 is 30.9. The Balaban J connectivity index is 1.29. The highest BCUT2D eigenvalue weighted by Gasteiger charge is 2.82. The molecule has 9 atom stereocenters. The number of hydrogen-bond donors (Lipinski definition) is 0. The van der Waals surface area contributed by atoms with Crippen LogP contribution in [0.4, 0.5) is 0 Å². The van der Waals surface area contributed by atoms with Gasteiger partial charge < -0.3 is 0 Å². The first-order valence-electron chi connectivity index (χ1n) is 8.56. The van der Waals surface area contributed by atoms with Crippen LogP contribution in [-0.2, 0) is 14.3 Å². The van der Waals surface area contributed by atoms with Crippen molar-refractivity contribution in [3.8, 4) is 0 Å². The molecule has 0 radical (unpaired) electrons. The van der Waals surface area contributed by atoms with E-state index in [1.807, 2.05) is 19.1 Å². The van der Waals surface area contributed by atoms with Crippen molar-refractivity contribution in [3.05, 3.63) is 29.8 Å². The zero-order valence-corrected chi connectivity index (χ0v) is 13.4. The van der Waals surface area contributed by atoms with Crippen LogP contribution in [0.2, 0.25) is 0 Å². The number of rotatable bonds is 3. The van der Waals surface area contributed by atoms with Gasteiger partial charge in [0.1, 0.15) is 0 Å². The molecule has 0 aromatic heterocycles. The van der Waals surface area contributed by atoms with Crippen molar-refractivity contribution in [1.29, 1.82) is 0 Å². The van der Waals surface area contributed by atoms with Crippen molar-refractivity contribution in [2.24, 2.45) is 47.3 Å². The molecule has 0 spiro atoms. The van der Waals surface area contributed by atoms with Crippen molar-refractivity contribution < 1.29 is 12.6 Å². The van der Waals surface area contributed by atoms with Gasteiger partial charge in [0.25, 0.3) is 10.1 Å². The molecule has 9 unspecified atom stereocenters. The molecule has 3 nitrogen and oxygen atoms in total. The predicted molar refractivity (Wildman–Crippen MR) is 80.4 cm³/mol.